The molecule has 4 rings (SSSR count). The first kappa shape index (κ1) is 26.2. The van der Waals surface area contributed by atoms with E-state index in [1.807, 2.05) is 78.9 Å². The van der Waals surface area contributed by atoms with Gasteiger partial charge in [-0.25, -0.2) is 0 Å². The van der Waals surface area contributed by atoms with Gasteiger partial charge >= 0.3 is 11.6 Å². The molecular weight excluding hydrogens is 422 g/mol. The molecule has 0 bridgehead atoms. The molecule has 0 unspecified atom stereocenters. The number of hydrogen-bond acceptors (Lipinski definition) is 2. The normalized spacial score (nSPS) is 12.0. The third-order valence-corrected chi connectivity index (χ3v) is 5.45. The van der Waals surface area contributed by atoms with Crippen LogP contribution < -0.4 is 5.32 Å². The van der Waals surface area contributed by atoms with Crippen molar-refractivity contribution in [3.63, 3.8) is 0 Å². The van der Waals surface area contributed by atoms with Gasteiger partial charge in [0.05, 0.1) is 6.42 Å². The first-order chi connectivity index (χ1) is 16.1. The smallest absolute Gasteiger partial charge is 0.360 e. The molecule has 0 heterocycles. The zero-order valence-electron chi connectivity index (χ0n) is 18.5. The molecule has 0 aliphatic heterocycles. The monoisotopic (exact) mass is 453 g/mol. The third kappa shape index (κ3) is 7.80. The van der Waals surface area contributed by atoms with Crippen molar-refractivity contribution in [3.8, 4) is 0 Å². The van der Waals surface area contributed by atoms with E-state index in [1.165, 1.54) is 11.1 Å². The van der Waals surface area contributed by atoms with Crippen molar-refractivity contribution in [2.75, 3.05) is 0 Å². The van der Waals surface area contributed by atoms with E-state index >= 15 is 0 Å². The zero-order valence-corrected chi connectivity index (χ0v) is 18.5. The van der Waals surface area contributed by atoms with Crippen LogP contribution in [0.5, 0.6) is 0 Å². The molecule has 174 valence electrons. The van der Waals surface area contributed by atoms with E-state index in [0.29, 0.717) is 19.4 Å². The lowest BCUT2D eigenvalue weighted by Crippen LogP contribution is -2.32. The molecule has 3 aromatic rings. The highest BCUT2D eigenvalue weighted by atomic mass is 16.2. The molecule has 1 aliphatic rings. The van der Waals surface area contributed by atoms with Crippen LogP contribution in [-0.2, 0) is 35.4 Å². The summed E-state index contributed by atoms with van der Waals surface area (Å²) in [6.45, 7) is 4.20. The fourth-order valence-electron chi connectivity index (χ4n) is 3.53. The quantitative estimate of drug-likeness (QED) is 0.190. The number of carbonyl (C=O) groups excluding carboxylic acids is 2. The van der Waals surface area contributed by atoms with Crippen LogP contribution in [0.15, 0.2) is 97.1 Å². The van der Waals surface area contributed by atoms with Crippen LogP contribution in [0.1, 0.15) is 36.1 Å². The molecule has 0 spiro atoms. The second kappa shape index (κ2) is 13.5. The van der Waals surface area contributed by atoms with Gasteiger partial charge < -0.3 is 10.8 Å². The zero-order chi connectivity index (χ0) is 23.5. The number of Topliss-reactive ketones (excluding diaryl/α,β-unsaturated/α-hetero) is 1. The second-order valence-electron chi connectivity index (χ2n) is 7.85. The van der Waals surface area contributed by atoms with Gasteiger partial charge in [0.1, 0.15) is 0 Å². The van der Waals surface area contributed by atoms with Crippen molar-refractivity contribution < 1.29 is 14.4 Å². The fourth-order valence-corrected chi connectivity index (χ4v) is 3.53. The summed E-state index contributed by atoms with van der Waals surface area (Å²) in [7, 11) is 0. The van der Waals surface area contributed by atoms with E-state index in [0.717, 1.165) is 29.5 Å². The SMILES string of the molecule is C.C=C1CCc2ccccc2CC1=O.[N-]=[N+]=C(Cc1ccccc1)C(=O)NCc1ccccc1. The van der Waals surface area contributed by atoms with Gasteiger partial charge in [0.15, 0.2) is 5.78 Å². The van der Waals surface area contributed by atoms with E-state index in [2.05, 4.69) is 22.8 Å². The molecule has 0 saturated heterocycles. The lowest BCUT2D eigenvalue weighted by atomic mass is 10.0. The maximum Gasteiger partial charge on any atom is 0.360 e. The van der Waals surface area contributed by atoms with Gasteiger partial charge in [0.2, 0.25) is 0 Å². The maximum absolute atomic E-state index is 12.0. The van der Waals surface area contributed by atoms with Crippen molar-refractivity contribution in [1.82, 2.24) is 5.32 Å². The standard InChI is InChI=1S/C16H15N3O.C12H12O.CH4/c17-19-15(11-13-7-3-1-4-8-13)16(20)18-12-14-9-5-2-6-10-14;1-9-6-7-10-4-2-3-5-11(10)8-12(9)13;/h1-10H,11-12H2,(H,18,20);2-5H,1,6-8H2;1H4. The van der Waals surface area contributed by atoms with Crippen LogP contribution in [0.3, 0.4) is 0 Å². The molecule has 0 saturated carbocycles. The minimum atomic E-state index is -0.361. The van der Waals surface area contributed by atoms with E-state index in [9.17, 15) is 9.59 Å². The molecule has 5 heteroatoms. The summed E-state index contributed by atoms with van der Waals surface area (Å²) in [5.74, 6) is -0.162. The summed E-state index contributed by atoms with van der Waals surface area (Å²) in [5, 5.41) is 2.74. The predicted octanol–water partition coefficient (Wildman–Crippen LogP) is 5.15. The molecular formula is C29H31N3O2. The number of ketones is 1. The first-order valence-electron chi connectivity index (χ1n) is 10.9. The van der Waals surface area contributed by atoms with Crippen molar-refractivity contribution >= 4 is 17.4 Å². The fraction of sp³-hybridized carbons (Fsp3) is 0.207. The number of amides is 1. The Balaban J connectivity index is 0.000000253. The van der Waals surface area contributed by atoms with Gasteiger partial charge in [0.25, 0.3) is 0 Å². The molecule has 0 aromatic heterocycles. The number of nitrogens with zero attached hydrogens (tertiary/aromatic N) is 2. The van der Waals surface area contributed by atoms with Gasteiger partial charge in [-0.05, 0) is 40.7 Å². The largest absolute Gasteiger partial charge is 0.361 e. The van der Waals surface area contributed by atoms with Gasteiger partial charge in [0, 0.05) is 13.0 Å². The van der Waals surface area contributed by atoms with Crippen LogP contribution in [-0.4, -0.2) is 22.2 Å². The average molecular weight is 454 g/mol. The number of fused-ring (bicyclic) bond motifs is 1. The number of allylic oxidation sites excluding steroid dienone is 1. The Morgan fingerprint density at radius 3 is 2.03 bits per heavy atom. The van der Waals surface area contributed by atoms with Gasteiger partial charge in [-0.15, -0.1) is 0 Å². The van der Waals surface area contributed by atoms with E-state index in [-0.39, 0.29) is 24.8 Å². The molecule has 1 amide bonds. The summed E-state index contributed by atoms with van der Waals surface area (Å²) in [5.41, 5.74) is 14.3. The van der Waals surface area contributed by atoms with E-state index in [4.69, 9.17) is 5.53 Å². The molecule has 0 fully saturated rings. The Morgan fingerprint density at radius 1 is 0.853 bits per heavy atom. The van der Waals surface area contributed by atoms with Gasteiger partial charge in [-0.3, -0.25) is 9.59 Å². The number of carbonyl (C=O) groups is 2. The van der Waals surface area contributed by atoms with E-state index < -0.39 is 0 Å². The molecule has 5 nitrogen and oxygen atoms in total. The second-order valence-corrected chi connectivity index (χ2v) is 7.85. The van der Waals surface area contributed by atoms with Crippen LogP contribution in [0.25, 0.3) is 5.53 Å². The first-order valence-corrected chi connectivity index (χ1v) is 10.9. The van der Waals surface area contributed by atoms with Crippen LogP contribution in [0.4, 0.5) is 0 Å². The molecule has 0 radical (unpaired) electrons. The minimum absolute atomic E-state index is 0. The van der Waals surface area contributed by atoms with Crippen molar-refractivity contribution in [1.29, 1.82) is 0 Å². The third-order valence-electron chi connectivity index (χ3n) is 5.45. The topological polar surface area (TPSA) is 82.6 Å². The number of benzene rings is 3. The molecule has 1 N–H and O–H groups in total. The minimum Gasteiger partial charge on any atom is -0.361 e. The predicted molar refractivity (Wildman–Crippen MR) is 136 cm³/mol. The summed E-state index contributed by atoms with van der Waals surface area (Å²) in [6, 6.07) is 27.2. The summed E-state index contributed by atoms with van der Waals surface area (Å²) < 4.78 is 0. The van der Waals surface area contributed by atoms with Gasteiger partial charge in [-0.2, -0.15) is 4.79 Å². The maximum atomic E-state index is 12.0. The lowest BCUT2D eigenvalue weighted by Gasteiger charge is -2.02. The molecule has 3 aromatic carbocycles. The molecule has 34 heavy (non-hydrogen) atoms. The Morgan fingerprint density at radius 2 is 1.41 bits per heavy atom. The van der Waals surface area contributed by atoms with Gasteiger partial charge in [-0.1, -0.05) is 98.9 Å². The van der Waals surface area contributed by atoms with E-state index in [1.54, 1.807) is 0 Å². The highest BCUT2D eigenvalue weighted by Gasteiger charge is 2.20. The average Bonchev–Trinajstić information content (AvgIpc) is 3.00. The van der Waals surface area contributed by atoms with Crippen LogP contribution in [0.2, 0.25) is 0 Å². The molecule has 1 aliphatic carbocycles. The lowest BCUT2D eigenvalue weighted by molar-refractivity contribution is -0.119. The Labute approximate surface area is 201 Å². The van der Waals surface area contributed by atoms with Crippen molar-refractivity contribution in [2.45, 2.75) is 39.7 Å². The van der Waals surface area contributed by atoms with Crippen LogP contribution in [0, 0.1) is 0 Å². The number of rotatable bonds is 5. The van der Waals surface area contributed by atoms with Crippen LogP contribution >= 0.6 is 0 Å². The Bertz CT molecular complexity index is 1160. The molecule has 0 atom stereocenters. The Kier molecular flexibility index (Phi) is 10.4. The Hall–Kier alpha value is -4.08. The highest BCUT2D eigenvalue weighted by Crippen LogP contribution is 2.20. The van der Waals surface area contributed by atoms with Crippen molar-refractivity contribution in [3.05, 3.63) is 125 Å². The summed E-state index contributed by atoms with van der Waals surface area (Å²) in [4.78, 5) is 26.5. The summed E-state index contributed by atoms with van der Waals surface area (Å²) >= 11 is 0. The summed E-state index contributed by atoms with van der Waals surface area (Å²) in [6.07, 6.45) is 2.61. The highest BCUT2D eigenvalue weighted by molar-refractivity contribution is 6.36. The number of nitrogens with one attached hydrogen (secondary N) is 1. The number of aryl methyl sites for hydroxylation is 1. The van der Waals surface area contributed by atoms with Crippen molar-refractivity contribution in [2.24, 2.45) is 0 Å². The number of hydrogen-bond donors (Lipinski definition) is 1.